The van der Waals surface area contributed by atoms with Crippen LogP contribution in [0.1, 0.15) is 16.3 Å². The lowest BCUT2D eigenvalue weighted by Crippen LogP contribution is -2.14. The number of rotatable bonds is 4. The third-order valence-corrected chi connectivity index (χ3v) is 2.05. The van der Waals surface area contributed by atoms with E-state index in [1.54, 1.807) is 6.07 Å². The smallest absolute Gasteiger partial charge is 0.309 e. The Morgan fingerprint density at radius 1 is 1.33 bits per heavy atom. The Morgan fingerprint density at radius 3 is 2.72 bits per heavy atom. The first-order valence-electron chi connectivity index (χ1n) is 4.98. The molecule has 0 fully saturated rings. The number of aromatic nitrogens is 4. The van der Waals surface area contributed by atoms with E-state index in [-0.39, 0.29) is 12.2 Å². The summed E-state index contributed by atoms with van der Waals surface area (Å²) in [5.41, 5.74) is 0.866. The minimum atomic E-state index is -0.957. The summed E-state index contributed by atoms with van der Waals surface area (Å²) in [5, 5.41) is 17.1. The molecular formula is C10H9N5O3. The first kappa shape index (κ1) is 11.7. The van der Waals surface area contributed by atoms with Crippen LogP contribution in [0.4, 0.5) is 5.69 Å². The molecule has 92 valence electrons. The maximum Gasteiger partial charge on any atom is 0.309 e. The molecule has 0 aliphatic rings. The van der Waals surface area contributed by atoms with Gasteiger partial charge < -0.3 is 10.4 Å². The Kier molecular flexibility index (Phi) is 3.28. The summed E-state index contributed by atoms with van der Waals surface area (Å²) in [6, 6.07) is 3.10. The molecular weight excluding hydrogens is 238 g/mol. The van der Waals surface area contributed by atoms with E-state index in [9.17, 15) is 9.59 Å². The van der Waals surface area contributed by atoms with Crippen LogP contribution in [0.25, 0.3) is 0 Å². The van der Waals surface area contributed by atoms with Gasteiger partial charge in [0.05, 0.1) is 24.0 Å². The van der Waals surface area contributed by atoms with Gasteiger partial charge in [-0.05, 0) is 12.1 Å². The number of anilines is 1. The molecule has 1 amide bonds. The maximum absolute atomic E-state index is 11.6. The van der Waals surface area contributed by atoms with Crippen molar-refractivity contribution in [1.29, 1.82) is 0 Å². The quantitative estimate of drug-likeness (QED) is 0.703. The lowest BCUT2D eigenvalue weighted by Gasteiger charge is -2.03. The number of hydrogen-bond acceptors (Lipinski definition) is 5. The molecule has 0 unspecified atom stereocenters. The second-order valence-electron chi connectivity index (χ2n) is 3.40. The van der Waals surface area contributed by atoms with Crippen LogP contribution in [0.5, 0.6) is 0 Å². The highest BCUT2D eigenvalue weighted by Crippen LogP contribution is 2.07. The van der Waals surface area contributed by atoms with Gasteiger partial charge in [0.1, 0.15) is 6.33 Å². The van der Waals surface area contributed by atoms with Crippen molar-refractivity contribution in [1.82, 2.24) is 20.2 Å². The topological polar surface area (TPSA) is 121 Å². The van der Waals surface area contributed by atoms with Gasteiger partial charge in [0.2, 0.25) is 5.82 Å². The molecule has 0 saturated heterocycles. The van der Waals surface area contributed by atoms with Gasteiger partial charge >= 0.3 is 5.97 Å². The number of hydrogen-bond donors (Lipinski definition) is 3. The molecule has 3 N–H and O–H groups in total. The minimum absolute atomic E-state index is 0.0876. The predicted octanol–water partition coefficient (Wildman–Crippen LogP) is 0.0791. The van der Waals surface area contributed by atoms with Crippen LogP contribution in [0, 0.1) is 0 Å². The Bertz CT molecular complexity index is 549. The average Bonchev–Trinajstić information content (AvgIpc) is 2.84. The Balaban J connectivity index is 2.02. The second kappa shape index (κ2) is 5.04. The van der Waals surface area contributed by atoms with Crippen LogP contribution < -0.4 is 5.32 Å². The molecule has 0 radical (unpaired) electrons. The van der Waals surface area contributed by atoms with Crippen LogP contribution in [-0.4, -0.2) is 37.1 Å². The zero-order chi connectivity index (χ0) is 13.0. The van der Waals surface area contributed by atoms with Crippen LogP contribution >= 0.6 is 0 Å². The molecule has 2 rings (SSSR count). The molecule has 0 saturated carbocycles. The van der Waals surface area contributed by atoms with Crippen molar-refractivity contribution in [2.45, 2.75) is 6.42 Å². The summed E-state index contributed by atoms with van der Waals surface area (Å²) >= 11 is 0. The summed E-state index contributed by atoms with van der Waals surface area (Å²) in [5.74, 6) is -1.31. The second-order valence-corrected chi connectivity index (χ2v) is 3.40. The highest BCUT2D eigenvalue weighted by molar-refractivity contribution is 6.01. The number of carbonyl (C=O) groups is 2. The van der Waals surface area contributed by atoms with Crippen molar-refractivity contribution < 1.29 is 14.7 Å². The van der Waals surface area contributed by atoms with Crippen molar-refractivity contribution in [2.24, 2.45) is 0 Å². The van der Waals surface area contributed by atoms with E-state index in [4.69, 9.17) is 5.11 Å². The summed E-state index contributed by atoms with van der Waals surface area (Å²) in [7, 11) is 0. The lowest BCUT2D eigenvalue weighted by atomic mass is 10.2. The number of aliphatic carboxylic acids is 1. The van der Waals surface area contributed by atoms with Gasteiger partial charge in [0.15, 0.2) is 0 Å². The van der Waals surface area contributed by atoms with E-state index in [0.29, 0.717) is 11.4 Å². The molecule has 8 heteroatoms. The average molecular weight is 247 g/mol. The lowest BCUT2D eigenvalue weighted by molar-refractivity contribution is -0.136. The molecule has 0 aliphatic carbocycles. The number of aromatic amines is 1. The molecule has 0 atom stereocenters. The number of nitrogens with zero attached hydrogens (tertiary/aromatic N) is 3. The molecule has 8 nitrogen and oxygen atoms in total. The van der Waals surface area contributed by atoms with E-state index in [1.165, 1.54) is 18.6 Å². The van der Waals surface area contributed by atoms with Gasteiger partial charge in [0, 0.05) is 0 Å². The molecule has 18 heavy (non-hydrogen) atoms. The van der Waals surface area contributed by atoms with E-state index < -0.39 is 11.9 Å². The van der Waals surface area contributed by atoms with Crippen molar-refractivity contribution in [3.8, 4) is 0 Å². The van der Waals surface area contributed by atoms with Crippen LogP contribution in [0.15, 0.2) is 24.7 Å². The number of carboxylic acids is 1. The number of nitrogens with one attached hydrogen (secondary N) is 2. The monoisotopic (exact) mass is 247 g/mol. The Hall–Kier alpha value is -2.77. The van der Waals surface area contributed by atoms with E-state index in [0.717, 1.165) is 0 Å². The van der Waals surface area contributed by atoms with Gasteiger partial charge in [-0.25, -0.2) is 4.98 Å². The predicted molar refractivity (Wildman–Crippen MR) is 59.9 cm³/mol. The van der Waals surface area contributed by atoms with Crippen LogP contribution in [-0.2, 0) is 11.2 Å². The molecule has 0 aliphatic heterocycles. The van der Waals surface area contributed by atoms with E-state index >= 15 is 0 Å². The number of H-pyrrole nitrogens is 1. The van der Waals surface area contributed by atoms with Gasteiger partial charge in [-0.15, -0.1) is 0 Å². The van der Waals surface area contributed by atoms with Crippen molar-refractivity contribution >= 4 is 17.6 Å². The molecule has 0 aromatic carbocycles. The van der Waals surface area contributed by atoms with E-state index in [2.05, 4.69) is 25.5 Å². The zero-order valence-electron chi connectivity index (χ0n) is 9.12. The number of carbonyl (C=O) groups excluding carboxylic acids is 1. The first-order chi connectivity index (χ1) is 8.65. The van der Waals surface area contributed by atoms with E-state index in [1.807, 2.05) is 0 Å². The van der Waals surface area contributed by atoms with Crippen LogP contribution in [0.2, 0.25) is 0 Å². The third-order valence-electron chi connectivity index (χ3n) is 2.05. The molecule has 2 aromatic heterocycles. The molecule has 0 spiro atoms. The largest absolute Gasteiger partial charge is 0.481 e. The molecule has 0 bridgehead atoms. The fraction of sp³-hybridized carbons (Fsp3) is 0.100. The van der Waals surface area contributed by atoms with Crippen molar-refractivity contribution in [3.63, 3.8) is 0 Å². The Labute approximate surface area is 101 Å². The minimum Gasteiger partial charge on any atom is -0.481 e. The zero-order valence-corrected chi connectivity index (χ0v) is 9.12. The first-order valence-corrected chi connectivity index (χ1v) is 4.98. The fourth-order valence-corrected chi connectivity index (χ4v) is 1.26. The summed E-state index contributed by atoms with van der Waals surface area (Å²) < 4.78 is 0. The summed E-state index contributed by atoms with van der Waals surface area (Å²) in [6.45, 7) is 0. The third kappa shape index (κ3) is 2.88. The number of amides is 1. The Morgan fingerprint density at radius 2 is 2.17 bits per heavy atom. The number of carboxylic acid groups (broad SMARTS) is 1. The van der Waals surface area contributed by atoms with Gasteiger partial charge in [-0.1, -0.05) is 0 Å². The maximum atomic E-state index is 11.6. The molecule has 2 heterocycles. The summed E-state index contributed by atoms with van der Waals surface area (Å²) in [4.78, 5) is 29.6. The standard InChI is InChI=1S/C10H9N5O3/c16-8(17)3-6-1-2-7(4-11-6)14-10(18)9-12-5-13-15-9/h1-2,4-5H,3H2,(H,14,18)(H,16,17)(H,12,13,15). The van der Waals surface area contributed by atoms with Gasteiger partial charge in [-0.3, -0.25) is 19.7 Å². The highest BCUT2D eigenvalue weighted by atomic mass is 16.4. The van der Waals surface area contributed by atoms with Crippen molar-refractivity contribution in [2.75, 3.05) is 5.32 Å². The van der Waals surface area contributed by atoms with Gasteiger partial charge in [0.25, 0.3) is 5.91 Å². The number of pyridine rings is 1. The molecule has 2 aromatic rings. The normalized spacial score (nSPS) is 10.0. The summed E-state index contributed by atoms with van der Waals surface area (Å²) in [6.07, 6.45) is 2.45. The SMILES string of the molecule is O=C(O)Cc1ccc(NC(=O)c2ncn[nH]2)cn1. The fourth-order valence-electron chi connectivity index (χ4n) is 1.26. The van der Waals surface area contributed by atoms with Crippen LogP contribution in [0.3, 0.4) is 0 Å². The van der Waals surface area contributed by atoms with Gasteiger partial charge in [-0.2, -0.15) is 5.10 Å². The van der Waals surface area contributed by atoms with Crippen molar-refractivity contribution in [3.05, 3.63) is 36.2 Å². The highest BCUT2D eigenvalue weighted by Gasteiger charge is 2.09.